The van der Waals surface area contributed by atoms with Gasteiger partial charge in [-0.15, -0.1) is 0 Å². The first-order chi connectivity index (χ1) is 8.67. The number of halogens is 1. The average Bonchev–Trinajstić information content (AvgIpc) is 2.77. The molecule has 0 amide bonds. The normalized spacial score (nSPS) is 10.6. The Labute approximate surface area is 113 Å². The number of nitrogens with two attached hydrogens (primary N) is 1. The lowest BCUT2D eigenvalue weighted by Gasteiger charge is -2.12. The Kier molecular flexibility index (Phi) is 3.88. The van der Waals surface area contributed by atoms with E-state index >= 15 is 0 Å². The second kappa shape index (κ2) is 5.41. The Hall–Kier alpha value is -1.53. The molecular formula is C12H14BrN3O2. The van der Waals surface area contributed by atoms with E-state index in [0.717, 1.165) is 26.9 Å². The number of hydrogen-bond acceptors (Lipinski definition) is 4. The van der Waals surface area contributed by atoms with Gasteiger partial charge in [0.15, 0.2) is 0 Å². The quantitative estimate of drug-likeness (QED) is 0.910. The molecule has 18 heavy (non-hydrogen) atoms. The van der Waals surface area contributed by atoms with Crippen molar-refractivity contribution in [2.45, 2.75) is 6.61 Å². The summed E-state index contributed by atoms with van der Waals surface area (Å²) in [6, 6.07) is 3.88. The number of methoxy groups -OCH3 is 2. The fourth-order valence-electron chi connectivity index (χ4n) is 1.79. The van der Waals surface area contributed by atoms with Gasteiger partial charge in [0.25, 0.3) is 0 Å². The zero-order chi connectivity index (χ0) is 13.1. The molecule has 3 N–H and O–H groups in total. The molecule has 2 aromatic rings. The van der Waals surface area contributed by atoms with E-state index in [9.17, 15) is 0 Å². The number of hydrogen-bond donors (Lipinski definition) is 2. The molecule has 0 aliphatic heterocycles. The number of aromatic nitrogens is 2. The third-order valence-corrected chi connectivity index (χ3v) is 3.26. The first-order valence-electron chi connectivity index (χ1n) is 5.32. The molecule has 0 spiro atoms. The molecule has 0 unspecified atom stereocenters. The van der Waals surface area contributed by atoms with Gasteiger partial charge in [-0.25, -0.2) is 0 Å². The minimum absolute atomic E-state index is 0.476. The first-order valence-corrected chi connectivity index (χ1v) is 6.11. The number of rotatable bonds is 4. The number of nitrogen functional groups attached to an aromatic ring is 1. The van der Waals surface area contributed by atoms with Gasteiger partial charge in [0.1, 0.15) is 11.6 Å². The highest BCUT2D eigenvalue weighted by atomic mass is 79.9. The maximum Gasteiger partial charge on any atom is 0.133 e. The predicted molar refractivity (Wildman–Crippen MR) is 73.4 cm³/mol. The van der Waals surface area contributed by atoms with E-state index in [2.05, 4.69) is 26.1 Å². The smallest absolute Gasteiger partial charge is 0.133 e. The minimum atomic E-state index is 0.476. The van der Waals surface area contributed by atoms with E-state index in [4.69, 9.17) is 15.2 Å². The molecule has 1 heterocycles. The van der Waals surface area contributed by atoms with Gasteiger partial charge < -0.3 is 15.2 Å². The number of ether oxygens (including phenoxy) is 2. The van der Waals surface area contributed by atoms with Crippen LogP contribution in [0.3, 0.4) is 0 Å². The van der Waals surface area contributed by atoms with Gasteiger partial charge in [0.05, 0.1) is 24.4 Å². The molecule has 5 nitrogen and oxygen atoms in total. The number of anilines is 1. The molecule has 1 aromatic heterocycles. The van der Waals surface area contributed by atoms with Crippen LogP contribution in [0.15, 0.2) is 22.8 Å². The lowest BCUT2D eigenvalue weighted by atomic mass is 10.0. The van der Waals surface area contributed by atoms with Gasteiger partial charge in [0, 0.05) is 12.7 Å². The molecule has 2 rings (SSSR count). The van der Waals surface area contributed by atoms with Crippen LogP contribution in [0.5, 0.6) is 5.75 Å². The largest absolute Gasteiger partial charge is 0.496 e. The molecule has 0 bridgehead atoms. The second-order valence-corrected chi connectivity index (χ2v) is 4.63. The highest BCUT2D eigenvalue weighted by Crippen LogP contribution is 2.36. The van der Waals surface area contributed by atoms with Crippen molar-refractivity contribution in [3.8, 4) is 16.9 Å². The second-order valence-electron chi connectivity index (χ2n) is 3.77. The van der Waals surface area contributed by atoms with Crippen molar-refractivity contribution >= 4 is 21.7 Å². The van der Waals surface area contributed by atoms with E-state index in [1.165, 1.54) is 0 Å². The molecule has 6 heteroatoms. The van der Waals surface area contributed by atoms with Crippen LogP contribution in [-0.2, 0) is 11.3 Å². The summed E-state index contributed by atoms with van der Waals surface area (Å²) in [5.74, 6) is 1.29. The summed E-state index contributed by atoms with van der Waals surface area (Å²) in [5.41, 5.74) is 8.66. The van der Waals surface area contributed by atoms with Gasteiger partial charge in [-0.1, -0.05) is 0 Å². The third kappa shape index (κ3) is 2.34. The monoisotopic (exact) mass is 311 g/mol. The lowest BCUT2D eigenvalue weighted by Crippen LogP contribution is -1.96. The molecule has 0 aliphatic rings. The number of aromatic amines is 1. The van der Waals surface area contributed by atoms with Crippen LogP contribution in [0.4, 0.5) is 5.82 Å². The Morgan fingerprint density at radius 1 is 1.33 bits per heavy atom. The van der Waals surface area contributed by atoms with Crippen molar-refractivity contribution in [2.75, 3.05) is 20.0 Å². The zero-order valence-electron chi connectivity index (χ0n) is 10.2. The summed E-state index contributed by atoms with van der Waals surface area (Å²) in [5, 5.41) is 6.66. The van der Waals surface area contributed by atoms with Crippen molar-refractivity contribution in [2.24, 2.45) is 0 Å². The third-order valence-electron chi connectivity index (χ3n) is 2.64. The SMILES string of the molecule is COCc1cc(OC)c(Br)cc1-c1cn[nH]c1N. The molecular weight excluding hydrogens is 298 g/mol. The molecule has 0 aliphatic carbocycles. The van der Waals surface area contributed by atoms with Crippen molar-refractivity contribution in [3.05, 3.63) is 28.4 Å². The lowest BCUT2D eigenvalue weighted by molar-refractivity contribution is 0.185. The molecule has 0 saturated heterocycles. The summed E-state index contributed by atoms with van der Waals surface area (Å²) < 4.78 is 11.3. The Bertz CT molecular complexity index is 554. The van der Waals surface area contributed by atoms with Crippen molar-refractivity contribution in [1.82, 2.24) is 10.2 Å². The summed E-state index contributed by atoms with van der Waals surface area (Å²) >= 11 is 3.47. The van der Waals surface area contributed by atoms with Crippen LogP contribution in [0.1, 0.15) is 5.56 Å². The minimum Gasteiger partial charge on any atom is -0.496 e. The van der Waals surface area contributed by atoms with E-state index in [0.29, 0.717) is 12.4 Å². The maximum atomic E-state index is 5.85. The van der Waals surface area contributed by atoms with Crippen LogP contribution < -0.4 is 10.5 Å². The molecule has 0 fully saturated rings. The maximum absolute atomic E-state index is 5.85. The standard InChI is InChI=1S/C12H14BrN3O2/c1-17-6-7-3-11(18-2)10(13)4-8(7)9-5-15-16-12(9)14/h3-5H,6H2,1-2H3,(H3,14,15,16). The summed E-state index contributed by atoms with van der Waals surface area (Å²) in [7, 11) is 3.28. The topological polar surface area (TPSA) is 73.2 Å². The number of benzene rings is 1. The van der Waals surface area contributed by atoms with Crippen molar-refractivity contribution in [1.29, 1.82) is 0 Å². The number of H-pyrrole nitrogens is 1. The molecule has 0 saturated carbocycles. The highest BCUT2D eigenvalue weighted by Gasteiger charge is 2.13. The van der Waals surface area contributed by atoms with E-state index in [1.807, 2.05) is 12.1 Å². The number of nitrogens with zero attached hydrogens (tertiary/aromatic N) is 1. The summed E-state index contributed by atoms with van der Waals surface area (Å²) in [4.78, 5) is 0. The van der Waals surface area contributed by atoms with Crippen LogP contribution in [0, 0.1) is 0 Å². The van der Waals surface area contributed by atoms with Crippen LogP contribution in [0.25, 0.3) is 11.1 Å². The predicted octanol–water partition coefficient (Wildman–Crippen LogP) is 2.58. The summed E-state index contributed by atoms with van der Waals surface area (Å²) in [6.45, 7) is 0.476. The van der Waals surface area contributed by atoms with Crippen LogP contribution in [-0.4, -0.2) is 24.4 Å². The Morgan fingerprint density at radius 3 is 2.67 bits per heavy atom. The van der Waals surface area contributed by atoms with Crippen molar-refractivity contribution < 1.29 is 9.47 Å². The average molecular weight is 312 g/mol. The highest BCUT2D eigenvalue weighted by molar-refractivity contribution is 9.10. The molecule has 0 radical (unpaired) electrons. The first kappa shape index (κ1) is 12.9. The molecule has 96 valence electrons. The van der Waals surface area contributed by atoms with Crippen molar-refractivity contribution in [3.63, 3.8) is 0 Å². The van der Waals surface area contributed by atoms with E-state index in [1.54, 1.807) is 20.4 Å². The molecule has 0 atom stereocenters. The van der Waals surface area contributed by atoms with Gasteiger partial charge in [-0.3, -0.25) is 5.10 Å². The van der Waals surface area contributed by atoms with Gasteiger partial charge in [0.2, 0.25) is 0 Å². The van der Waals surface area contributed by atoms with Crippen LogP contribution in [0.2, 0.25) is 0 Å². The number of nitrogens with one attached hydrogen (secondary N) is 1. The van der Waals surface area contributed by atoms with Gasteiger partial charge in [-0.05, 0) is 39.2 Å². The Balaban J connectivity index is 2.58. The van der Waals surface area contributed by atoms with Gasteiger partial charge >= 0.3 is 0 Å². The molecule has 1 aromatic carbocycles. The van der Waals surface area contributed by atoms with Crippen LogP contribution >= 0.6 is 15.9 Å². The fraction of sp³-hybridized carbons (Fsp3) is 0.250. The van der Waals surface area contributed by atoms with E-state index < -0.39 is 0 Å². The van der Waals surface area contributed by atoms with Gasteiger partial charge in [-0.2, -0.15) is 5.10 Å². The van der Waals surface area contributed by atoms with E-state index in [-0.39, 0.29) is 0 Å². The fourth-order valence-corrected chi connectivity index (χ4v) is 2.29. The zero-order valence-corrected chi connectivity index (χ0v) is 11.7. The summed E-state index contributed by atoms with van der Waals surface area (Å²) in [6.07, 6.45) is 1.70. The Morgan fingerprint density at radius 2 is 2.11 bits per heavy atom.